The number of nitrogens with zero attached hydrogens (tertiary/aromatic N) is 4. The molecule has 0 saturated carbocycles. The number of hydrogen-bond acceptors (Lipinski definition) is 6. The maximum absolute atomic E-state index is 13.4. The van der Waals surface area contributed by atoms with Crippen LogP contribution in [0.4, 0.5) is 5.82 Å². The van der Waals surface area contributed by atoms with Crippen LogP contribution in [0.15, 0.2) is 53.2 Å². The summed E-state index contributed by atoms with van der Waals surface area (Å²) in [6, 6.07) is 12.1. The van der Waals surface area contributed by atoms with Crippen LogP contribution in [0, 0.1) is 0 Å². The molecule has 34 heavy (non-hydrogen) atoms. The molecule has 0 spiro atoms. The number of carbonyl (C=O) groups is 2. The molecule has 0 unspecified atom stereocenters. The Balaban J connectivity index is 1.37. The zero-order valence-corrected chi connectivity index (χ0v) is 19.5. The number of amides is 2. The number of nitrogens with two attached hydrogens (primary N) is 1. The summed E-state index contributed by atoms with van der Waals surface area (Å²) in [7, 11) is 0. The zero-order chi connectivity index (χ0) is 23.8. The van der Waals surface area contributed by atoms with Crippen LogP contribution >= 0.6 is 11.6 Å². The van der Waals surface area contributed by atoms with Crippen molar-refractivity contribution in [2.75, 3.05) is 18.8 Å². The molecule has 1 aliphatic heterocycles. The molecule has 8 nitrogen and oxygen atoms in total. The van der Waals surface area contributed by atoms with Gasteiger partial charge in [-0.3, -0.25) is 9.59 Å². The molecule has 2 N–H and O–H groups in total. The van der Waals surface area contributed by atoms with E-state index in [9.17, 15) is 9.59 Å². The van der Waals surface area contributed by atoms with Crippen molar-refractivity contribution in [3.63, 3.8) is 0 Å². The third-order valence-corrected chi connectivity index (χ3v) is 6.44. The molecule has 3 heterocycles. The fourth-order valence-electron chi connectivity index (χ4n) is 4.49. The SMILES string of the molecule is CCC[C@H]1C(=O)N(Cc2ccc3c(N)ncnc3c2)CCN1C(=O)c1cc2cc(Cl)ccc2o1. The van der Waals surface area contributed by atoms with Crippen molar-refractivity contribution < 1.29 is 14.0 Å². The lowest BCUT2D eigenvalue weighted by Gasteiger charge is -2.40. The predicted octanol–water partition coefficient (Wildman–Crippen LogP) is 4.26. The Morgan fingerprint density at radius 2 is 2.03 bits per heavy atom. The average molecular weight is 478 g/mol. The van der Waals surface area contributed by atoms with E-state index >= 15 is 0 Å². The Morgan fingerprint density at radius 1 is 1.18 bits per heavy atom. The van der Waals surface area contributed by atoms with E-state index in [2.05, 4.69) is 9.97 Å². The Bertz CT molecular complexity index is 1400. The molecule has 2 amide bonds. The van der Waals surface area contributed by atoms with Gasteiger partial charge in [-0.2, -0.15) is 0 Å². The number of aromatic nitrogens is 2. The van der Waals surface area contributed by atoms with Crippen molar-refractivity contribution in [3.05, 3.63) is 65.1 Å². The first-order valence-corrected chi connectivity index (χ1v) is 11.6. The van der Waals surface area contributed by atoms with Gasteiger partial charge in [0.05, 0.1) is 5.52 Å². The minimum atomic E-state index is -0.540. The highest BCUT2D eigenvalue weighted by atomic mass is 35.5. The number of fused-ring (bicyclic) bond motifs is 2. The summed E-state index contributed by atoms with van der Waals surface area (Å²) in [4.78, 5) is 38.5. The van der Waals surface area contributed by atoms with Crippen molar-refractivity contribution in [2.45, 2.75) is 32.4 Å². The van der Waals surface area contributed by atoms with E-state index in [1.807, 2.05) is 25.1 Å². The van der Waals surface area contributed by atoms with Gasteiger partial charge in [0.15, 0.2) is 5.76 Å². The van der Waals surface area contributed by atoms with Crippen LogP contribution in [-0.4, -0.2) is 50.7 Å². The number of carbonyl (C=O) groups excluding carboxylic acids is 2. The van der Waals surface area contributed by atoms with Gasteiger partial charge in [-0.05, 0) is 48.4 Å². The molecule has 174 valence electrons. The summed E-state index contributed by atoms with van der Waals surface area (Å²) in [6.07, 6.45) is 2.78. The Kier molecular flexibility index (Phi) is 5.83. The Labute approximate surface area is 201 Å². The molecule has 2 aromatic heterocycles. The summed E-state index contributed by atoms with van der Waals surface area (Å²) in [6.45, 7) is 3.30. The quantitative estimate of drug-likeness (QED) is 0.460. The summed E-state index contributed by atoms with van der Waals surface area (Å²) >= 11 is 6.06. The maximum atomic E-state index is 13.4. The van der Waals surface area contributed by atoms with E-state index < -0.39 is 6.04 Å². The van der Waals surface area contributed by atoms with Crippen LogP contribution in [0.2, 0.25) is 5.02 Å². The molecule has 0 aliphatic carbocycles. The standard InChI is InChI=1S/C25H24ClN5O3/c1-2-3-20-24(32)30(13-15-4-6-18-19(10-15)28-14-29-23(18)27)8-9-31(20)25(33)22-12-16-11-17(26)5-7-21(16)34-22/h4-7,10-12,14,20H,2-3,8-9,13H2,1H3,(H2,27,28,29)/t20-/m0/s1. The van der Waals surface area contributed by atoms with Crippen molar-refractivity contribution in [1.82, 2.24) is 19.8 Å². The maximum Gasteiger partial charge on any atom is 0.290 e. The largest absolute Gasteiger partial charge is 0.451 e. The van der Waals surface area contributed by atoms with Gasteiger partial charge in [0.1, 0.15) is 23.8 Å². The minimum Gasteiger partial charge on any atom is -0.451 e. The van der Waals surface area contributed by atoms with Gasteiger partial charge in [0, 0.05) is 35.4 Å². The molecular weight excluding hydrogens is 454 g/mol. The molecule has 0 bridgehead atoms. The first-order valence-electron chi connectivity index (χ1n) is 11.2. The number of benzene rings is 2. The number of piperazine rings is 1. The van der Waals surface area contributed by atoms with E-state index in [0.29, 0.717) is 42.5 Å². The van der Waals surface area contributed by atoms with Crippen molar-refractivity contribution in [3.8, 4) is 0 Å². The number of furan rings is 1. The van der Waals surface area contributed by atoms with Crippen LogP contribution in [0.3, 0.4) is 0 Å². The molecular formula is C25H24ClN5O3. The average Bonchev–Trinajstić information content (AvgIpc) is 3.25. The first kappa shape index (κ1) is 22.2. The number of hydrogen-bond donors (Lipinski definition) is 1. The fourth-order valence-corrected chi connectivity index (χ4v) is 4.68. The first-order chi connectivity index (χ1) is 16.4. The number of rotatable bonds is 5. The monoisotopic (exact) mass is 477 g/mol. The molecule has 1 fully saturated rings. The zero-order valence-electron chi connectivity index (χ0n) is 18.7. The van der Waals surface area contributed by atoms with Gasteiger partial charge in [-0.1, -0.05) is 31.0 Å². The van der Waals surface area contributed by atoms with Gasteiger partial charge in [0.25, 0.3) is 5.91 Å². The topological polar surface area (TPSA) is 106 Å². The second-order valence-electron chi connectivity index (χ2n) is 8.47. The van der Waals surface area contributed by atoms with E-state index in [0.717, 1.165) is 28.3 Å². The lowest BCUT2D eigenvalue weighted by molar-refractivity contribution is -0.141. The van der Waals surface area contributed by atoms with Gasteiger partial charge in [0.2, 0.25) is 5.91 Å². The third-order valence-electron chi connectivity index (χ3n) is 6.20. The van der Waals surface area contributed by atoms with Crippen LogP contribution in [0.1, 0.15) is 35.9 Å². The molecule has 2 aromatic carbocycles. The van der Waals surface area contributed by atoms with E-state index in [1.54, 1.807) is 34.1 Å². The summed E-state index contributed by atoms with van der Waals surface area (Å²) in [5.74, 6) is 0.293. The third kappa shape index (κ3) is 4.05. The molecule has 0 radical (unpaired) electrons. The summed E-state index contributed by atoms with van der Waals surface area (Å²) < 4.78 is 5.78. The smallest absolute Gasteiger partial charge is 0.290 e. The summed E-state index contributed by atoms with van der Waals surface area (Å²) in [5.41, 5.74) is 8.19. The highest BCUT2D eigenvalue weighted by molar-refractivity contribution is 6.31. The van der Waals surface area contributed by atoms with E-state index in [4.69, 9.17) is 21.8 Å². The highest BCUT2D eigenvalue weighted by Gasteiger charge is 2.38. The number of nitrogen functional groups attached to an aromatic ring is 1. The molecule has 4 aromatic rings. The van der Waals surface area contributed by atoms with Crippen LogP contribution in [0.5, 0.6) is 0 Å². The van der Waals surface area contributed by atoms with Crippen LogP contribution in [-0.2, 0) is 11.3 Å². The summed E-state index contributed by atoms with van der Waals surface area (Å²) in [5, 5.41) is 2.11. The van der Waals surface area contributed by atoms with Gasteiger partial charge in [-0.15, -0.1) is 0 Å². The van der Waals surface area contributed by atoms with Gasteiger partial charge >= 0.3 is 0 Å². The van der Waals surface area contributed by atoms with Crippen molar-refractivity contribution >= 4 is 51.1 Å². The highest BCUT2D eigenvalue weighted by Crippen LogP contribution is 2.27. The van der Waals surface area contributed by atoms with Crippen LogP contribution < -0.4 is 5.73 Å². The lowest BCUT2D eigenvalue weighted by atomic mass is 10.0. The fraction of sp³-hybridized carbons (Fsp3) is 0.280. The second kappa shape index (κ2) is 8.95. The van der Waals surface area contributed by atoms with Crippen molar-refractivity contribution in [2.24, 2.45) is 0 Å². The van der Waals surface area contributed by atoms with E-state index in [1.165, 1.54) is 6.33 Å². The van der Waals surface area contributed by atoms with E-state index in [-0.39, 0.29) is 17.6 Å². The Hall–Kier alpha value is -3.65. The lowest BCUT2D eigenvalue weighted by Crippen LogP contribution is -2.58. The number of halogens is 1. The molecule has 5 rings (SSSR count). The Morgan fingerprint density at radius 3 is 2.85 bits per heavy atom. The van der Waals surface area contributed by atoms with Crippen LogP contribution in [0.25, 0.3) is 21.9 Å². The minimum absolute atomic E-state index is 0.0668. The van der Waals surface area contributed by atoms with Crippen molar-refractivity contribution in [1.29, 1.82) is 0 Å². The normalized spacial score (nSPS) is 16.5. The predicted molar refractivity (Wildman–Crippen MR) is 130 cm³/mol. The molecule has 9 heteroatoms. The molecule has 1 atom stereocenters. The molecule has 1 aliphatic rings. The van der Waals surface area contributed by atoms with Gasteiger partial charge < -0.3 is 20.0 Å². The number of anilines is 1. The second-order valence-corrected chi connectivity index (χ2v) is 8.90. The molecule has 1 saturated heterocycles. The van der Waals surface area contributed by atoms with Gasteiger partial charge in [-0.25, -0.2) is 9.97 Å².